The molecular weight excluding hydrogens is 438 g/mol. The minimum atomic E-state index is -0.371. The summed E-state index contributed by atoms with van der Waals surface area (Å²) in [5, 5.41) is 0.682. The predicted octanol–water partition coefficient (Wildman–Crippen LogP) is 4.00. The Kier molecular flexibility index (Phi) is 5.16. The number of hydrogen-bond donors (Lipinski definition) is 0. The Morgan fingerprint density at radius 3 is 2.58 bits per heavy atom. The second kappa shape index (κ2) is 7.92. The minimum absolute atomic E-state index is 0.224. The van der Waals surface area contributed by atoms with Crippen LogP contribution in [0.5, 0.6) is 0 Å². The van der Waals surface area contributed by atoms with Crippen LogP contribution in [0.15, 0.2) is 52.1 Å². The maximum absolute atomic E-state index is 13.7. The molecule has 2 aromatic heterocycles. The van der Waals surface area contributed by atoms with Gasteiger partial charge in [-0.1, -0.05) is 48.9 Å². The number of anilines is 2. The molecule has 1 aliphatic heterocycles. The fraction of sp³-hybridized carbons (Fsp3) is 0.320. The van der Waals surface area contributed by atoms with Crippen molar-refractivity contribution in [3.05, 3.63) is 85.0 Å². The van der Waals surface area contributed by atoms with E-state index in [9.17, 15) is 9.59 Å². The molecule has 0 saturated heterocycles. The topological polar surface area (TPSA) is 65.1 Å². The van der Waals surface area contributed by atoms with Gasteiger partial charge in [-0.05, 0) is 48.6 Å². The average molecular weight is 464 g/mol. The number of imidazole rings is 1. The van der Waals surface area contributed by atoms with E-state index in [0.29, 0.717) is 28.7 Å². The molecule has 1 atom stereocenters. The lowest BCUT2D eigenvalue weighted by atomic mass is 10.1. The van der Waals surface area contributed by atoms with Gasteiger partial charge in [-0.3, -0.25) is 13.9 Å². The standard InChI is InChI=1S/C25H26ClN5O2/c1-15-12-29(20-11-7-10-19(26)17(20)3)24-27-22-21(30(24)13-15)23(32)31(25(33)28(22)4)14-18-9-6-5-8-16(18)2/h5-11,15H,12-14H2,1-4H3/t15-/m1/s1. The number of halogens is 1. The van der Waals surface area contributed by atoms with Gasteiger partial charge >= 0.3 is 5.69 Å². The van der Waals surface area contributed by atoms with E-state index in [4.69, 9.17) is 16.6 Å². The number of nitrogens with zero attached hydrogens (tertiary/aromatic N) is 5. The van der Waals surface area contributed by atoms with Crippen LogP contribution in [0.2, 0.25) is 5.02 Å². The average Bonchev–Trinajstić information content (AvgIpc) is 3.17. The van der Waals surface area contributed by atoms with Gasteiger partial charge in [0.15, 0.2) is 11.2 Å². The lowest BCUT2D eigenvalue weighted by Gasteiger charge is -2.34. The summed E-state index contributed by atoms with van der Waals surface area (Å²) in [7, 11) is 1.68. The Balaban J connectivity index is 1.75. The highest BCUT2D eigenvalue weighted by Gasteiger charge is 2.30. The van der Waals surface area contributed by atoms with Gasteiger partial charge in [-0.25, -0.2) is 4.79 Å². The second-order valence-electron chi connectivity index (χ2n) is 8.95. The third kappa shape index (κ3) is 3.38. The zero-order chi connectivity index (χ0) is 23.4. The summed E-state index contributed by atoms with van der Waals surface area (Å²) in [6.07, 6.45) is 0. The van der Waals surface area contributed by atoms with E-state index >= 15 is 0 Å². The summed E-state index contributed by atoms with van der Waals surface area (Å²) < 4.78 is 4.75. The Morgan fingerprint density at radius 2 is 1.82 bits per heavy atom. The molecule has 4 aromatic rings. The first kappa shape index (κ1) is 21.5. The largest absolute Gasteiger partial charge is 0.332 e. The molecule has 0 fully saturated rings. The Labute approximate surface area is 196 Å². The number of aromatic nitrogens is 4. The molecule has 1 aliphatic rings. The molecule has 0 aliphatic carbocycles. The van der Waals surface area contributed by atoms with Gasteiger partial charge in [-0.15, -0.1) is 0 Å². The molecule has 2 aromatic carbocycles. The number of benzene rings is 2. The molecule has 7 nitrogen and oxygen atoms in total. The first-order valence-corrected chi connectivity index (χ1v) is 11.4. The molecule has 0 saturated carbocycles. The highest BCUT2D eigenvalue weighted by molar-refractivity contribution is 6.31. The van der Waals surface area contributed by atoms with Crippen molar-refractivity contribution in [3.8, 4) is 0 Å². The van der Waals surface area contributed by atoms with Gasteiger partial charge in [0, 0.05) is 30.8 Å². The van der Waals surface area contributed by atoms with Crippen LogP contribution in [-0.4, -0.2) is 25.2 Å². The molecule has 0 bridgehead atoms. The zero-order valence-corrected chi connectivity index (χ0v) is 19.9. The van der Waals surface area contributed by atoms with Crippen LogP contribution >= 0.6 is 11.6 Å². The van der Waals surface area contributed by atoms with Crippen LogP contribution in [0.4, 0.5) is 11.6 Å². The quantitative estimate of drug-likeness (QED) is 0.460. The van der Waals surface area contributed by atoms with Gasteiger partial charge in [0.25, 0.3) is 5.56 Å². The van der Waals surface area contributed by atoms with Crippen molar-refractivity contribution in [2.75, 3.05) is 11.4 Å². The number of aryl methyl sites for hydroxylation is 2. The minimum Gasteiger partial charge on any atom is -0.311 e. The molecule has 0 N–H and O–H groups in total. The molecule has 0 amide bonds. The van der Waals surface area contributed by atoms with Crippen LogP contribution < -0.4 is 16.1 Å². The lowest BCUT2D eigenvalue weighted by molar-refractivity contribution is 0.457. The smallest absolute Gasteiger partial charge is 0.311 e. The maximum Gasteiger partial charge on any atom is 0.332 e. The fourth-order valence-corrected chi connectivity index (χ4v) is 4.86. The van der Waals surface area contributed by atoms with Crippen molar-refractivity contribution in [2.45, 2.75) is 33.9 Å². The van der Waals surface area contributed by atoms with Crippen molar-refractivity contribution >= 4 is 34.4 Å². The van der Waals surface area contributed by atoms with Gasteiger partial charge in [0.2, 0.25) is 5.95 Å². The first-order valence-electron chi connectivity index (χ1n) is 11.0. The SMILES string of the molecule is Cc1ccccc1Cn1c(=O)c2c(nc3n2C[C@H](C)CN3c2cccc(Cl)c2C)n(C)c1=O. The summed E-state index contributed by atoms with van der Waals surface area (Å²) in [6.45, 7) is 7.73. The number of rotatable bonds is 3. The van der Waals surface area contributed by atoms with Crippen LogP contribution in [0.25, 0.3) is 11.2 Å². The van der Waals surface area contributed by atoms with Gasteiger partial charge < -0.3 is 9.47 Å². The summed E-state index contributed by atoms with van der Waals surface area (Å²) in [5.74, 6) is 0.934. The molecule has 0 radical (unpaired) electrons. The predicted molar refractivity (Wildman–Crippen MR) is 132 cm³/mol. The van der Waals surface area contributed by atoms with Crippen molar-refractivity contribution in [2.24, 2.45) is 13.0 Å². The highest BCUT2D eigenvalue weighted by atomic mass is 35.5. The normalized spacial score (nSPS) is 15.8. The van der Waals surface area contributed by atoms with E-state index < -0.39 is 0 Å². The van der Waals surface area contributed by atoms with E-state index in [2.05, 4.69) is 11.8 Å². The van der Waals surface area contributed by atoms with E-state index in [0.717, 1.165) is 28.9 Å². The van der Waals surface area contributed by atoms with E-state index in [-0.39, 0.29) is 23.7 Å². The van der Waals surface area contributed by atoms with E-state index in [1.165, 1.54) is 9.13 Å². The molecule has 33 heavy (non-hydrogen) atoms. The molecule has 5 rings (SSSR count). The zero-order valence-electron chi connectivity index (χ0n) is 19.2. The highest BCUT2D eigenvalue weighted by Crippen LogP contribution is 2.36. The fourth-order valence-electron chi connectivity index (χ4n) is 4.69. The summed E-state index contributed by atoms with van der Waals surface area (Å²) in [4.78, 5) is 33.8. The van der Waals surface area contributed by atoms with E-state index in [1.54, 1.807) is 7.05 Å². The van der Waals surface area contributed by atoms with Crippen LogP contribution in [0.1, 0.15) is 23.6 Å². The first-order chi connectivity index (χ1) is 15.8. The van der Waals surface area contributed by atoms with Crippen LogP contribution in [-0.2, 0) is 20.1 Å². The van der Waals surface area contributed by atoms with Gasteiger partial charge in [0.05, 0.1) is 6.54 Å². The van der Waals surface area contributed by atoms with Gasteiger partial charge in [-0.2, -0.15) is 4.98 Å². The van der Waals surface area contributed by atoms with Crippen molar-refractivity contribution < 1.29 is 0 Å². The van der Waals surface area contributed by atoms with Crippen molar-refractivity contribution in [1.29, 1.82) is 0 Å². The van der Waals surface area contributed by atoms with Crippen molar-refractivity contribution in [1.82, 2.24) is 18.7 Å². The van der Waals surface area contributed by atoms with Gasteiger partial charge in [0.1, 0.15) is 0 Å². The lowest BCUT2D eigenvalue weighted by Crippen LogP contribution is -2.40. The summed E-state index contributed by atoms with van der Waals surface area (Å²) in [5.41, 5.74) is 4.07. The van der Waals surface area contributed by atoms with E-state index in [1.807, 2.05) is 60.9 Å². The second-order valence-corrected chi connectivity index (χ2v) is 9.36. The van der Waals surface area contributed by atoms with Crippen LogP contribution in [0, 0.1) is 19.8 Å². The Bertz CT molecular complexity index is 1510. The molecular formula is C25H26ClN5O2. The monoisotopic (exact) mass is 463 g/mol. The molecule has 170 valence electrons. The molecule has 0 unspecified atom stereocenters. The molecule has 0 spiro atoms. The number of fused-ring (bicyclic) bond motifs is 3. The summed E-state index contributed by atoms with van der Waals surface area (Å²) in [6, 6.07) is 13.6. The summed E-state index contributed by atoms with van der Waals surface area (Å²) >= 11 is 6.40. The third-order valence-electron chi connectivity index (χ3n) is 6.56. The third-order valence-corrected chi connectivity index (χ3v) is 6.97. The molecule has 8 heteroatoms. The molecule has 3 heterocycles. The Morgan fingerprint density at radius 1 is 1.06 bits per heavy atom. The number of hydrogen-bond acceptors (Lipinski definition) is 4. The Hall–Kier alpha value is -3.32. The van der Waals surface area contributed by atoms with Crippen LogP contribution in [0.3, 0.4) is 0 Å². The maximum atomic E-state index is 13.7. The van der Waals surface area contributed by atoms with Crippen molar-refractivity contribution in [3.63, 3.8) is 0 Å².